The van der Waals surface area contributed by atoms with Crippen LogP contribution >= 0.6 is 23.5 Å². The molecule has 1 aromatic carbocycles. The number of rotatable bonds is 3. The van der Waals surface area contributed by atoms with Crippen LogP contribution in [0, 0.1) is 0 Å². The van der Waals surface area contributed by atoms with Crippen LogP contribution in [0.25, 0.3) is 0 Å². The van der Waals surface area contributed by atoms with Crippen LogP contribution in [0.15, 0.2) is 30.3 Å². The highest BCUT2D eigenvalue weighted by Gasteiger charge is 2.24. The molecule has 1 unspecified atom stereocenters. The molecule has 0 radical (unpaired) electrons. The number of para-hydroxylation sites is 1. The molecule has 4 heteroatoms. The lowest BCUT2D eigenvalue weighted by molar-refractivity contribution is 0.276. The summed E-state index contributed by atoms with van der Waals surface area (Å²) in [5.74, 6) is 1.74. The van der Waals surface area contributed by atoms with E-state index in [0.29, 0.717) is 11.9 Å². The van der Waals surface area contributed by atoms with E-state index in [2.05, 4.69) is 0 Å². The molecule has 0 amide bonds. The van der Waals surface area contributed by atoms with E-state index in [9.17, 15) is 4.79 Å². The van der Waals surface area contributed by atoms with Crippen molar-refractivity contribution in [3.63, 3.8) is 0 Å². The molecular formula is C10H10O2S2. The van der Waals surface area contributed by atoms with Crippen molar-refractivity contribution in [2.24, 2.45) is 0 Å². The number of benzene rings is 1. The molecule has 1 aromatic rings. The second-order valence-corrected chi connectivity index (χ2v) is 5.45. The second-order valence-electron chi connectivity index (χ2n) is 2.92. The van der Waals surface area contributed by atoms with Crippen molar-refractivity contribution in [3.8, 4) is 5.75 Å². The molecule has 0 bridgehead atoms. The fraction of sp³-hybridized carbons (Fsp3) is 0.300. The monoisotopic (exact) mass is 226 g/mol. The van der Waals surface area contributed by atoms with Crippen LogP contribution in [-0.2, 0) is 0 Å². The number of hydrogen-bond donors (Lipinski definition) is 0. The average Bonchev–Trinajstić information content (AvgIpc) is 2.63. The molecule has 2 nitrogen and oxygen atoms in total. The van der Waals surface area contributed by atoms with Crippen LogP contribution in [0.5, 0.6) is 5.75 Å². The predicted molar refractivity (Wildman–Crippen MR) is 61.2 cm³/mol. The third-order valence-corrected chi connectivity index (χ3v) is 4.32. The summed E-state index contributed by atoms with van der Waals surface area (Å²) in [4.78, 5) is 10.9. The molecule has 0 saturated carbocycles. The molecule has 1 saturated heterocycles. The van der Waals surface area contributed by atoms with Gasteiger partial charge >= 0.3 is 0 Å². The minimum absolute atomic E-state index is 0.215. The quantitative estimate of drug-likeness (QED) is 0.791. The Morgan fingerprint density at radius 1 is 1.36 bits per heavy atom. The lowest BCUT2D eigenvalue weighted by atomic mass is 10.3. The first-order valence-electron chi connectivity index (χ1n) is 4.36. The Morgan fingerprint density at radius 3 is 2.79 bits per heavy atom. The van der Waals surface area contributed by atoms with Gasteiger partial charge in [0.15, 0.2) is 0 Å². The molecule has 1 aliphatic heterocycles. The Bertz CT molecular complexity index is 313. The minimum atomic E-state index is 0.215. The van der Waals surface area contributed by atoms with Gasteiger partial charge < -0.3 is 4.74 Å². The molecule has 1 fully saturated rings. The van der Waals surface area contributed by atoms with Crippen LogP contribution < -0.4 is 4.74 Å². The minimum Gasteiger partial charge on any atom is -0.492 e. The van der Waals surface area contributed by atoms with Gasteiger partial charge in [-0.05, 0) is 12.1 Å². The zero-order valence-corrected chi connectivity index (χ0v) is 9.14. The molecule has 1 atom stereocenters. The molecule has 1 heterocycles. The summed E-state index contributed by atoms with van der Waals surface area (Å²) in [5.41, 5.74) is 0. The third kappa shape index (κ3) is 2.69. The van der Waals surface area contributed by atoms with Crippen molar-refractivity contribution in [1.82, 2.24) is 0 Å². The molecule has 74 valence electrons. The van der Waals surface area contributed by atoms with Gasteiger partial charge in [-0.2, -0.15) is 0 Å². The van der Waals surface area contributed by atoms with Crippen molar-refractivity contribution in [3.05, 3.63) is 30.3 Å². The highest BCUT2D eigenvalue weighted by molar-refractivity contribution is 8.41. The normalized spacial score (nSPS) is 21.1. The average molecular weight is 226 g/mol. The summed E-state index contributed by atoms with van der Waals surface area (Å²) in [6.45, 7) is 0.618. The SMILES string of the molecule is O=C1SCC(COc2ccccc2)S1. The summed E-state index contributed by atoms with van der Waals surface area (Å²) in [6, 6.07) is 9.69. The van der Waals surface area contributed by atoms with E-state index in [0.717, 1.165) is 11.5 Å². The van der Waals surface area contributed by atoms with Gasteiger partial charge in [-0.3, -0.25) is 4.79 Å². The third-order valence-electron chi connectivity index (χ3n) is 1.83. The number of thioether (sulfide) groups is 2. The molecule has 0 aliphatic carbocycles. The second kappa shape index (κ2) is 4.75. The maximum atomic E-state index is 10.9. The van der Waals surface area contributed by atoms with E-state index in [1.165, 1.54) is 23.5 Å². The standard InChI is InChI=1S/C10H10O2S2/c11-10-13-7-9(14-10)6-12-8-4-2-1-3-5-8/h1-5,9H,6-7H2. The Kier molecular flexibility index (Phi) is 3.37. The Labute approximate surface area is 91.4 Å². The fourth-order valence-corrected chi connectivity index (χ4v) is 3.34. The van der Waals surface area contributed by atoms with E-state index in [-0.39, 0.29) is 4.45 Å². The molecule has 14 heavy (non-hydrogen) atoms. The lowest BCUT2D eigenvalue weighted by Gasteiger charge is -2.08. The van der Waals surface area contributed by atoms with E-state index in [4.69, 9.17) is 4.74 Å². The van der Waals surface area contributed by atoms with Gasteiger partial charge in [-0.1, -0.05) is 41.7 Å². The summed E-state index contributed by atoms with van der Waals surface area (Å²) < 4.78 is 5.77. The maximum Gasteiger partial charge on any atom is 0.246 e. The highest BCUT2D eigenvalue weighted by Crippen LogP contribution is 2.32. The first-order valence-corrected chi connectivity index (χ1v) is 6.22. The summed E-state index contributed by atoms with van der Waals surface area (Å²) >= 11 is 2.77. The van der Waals surface area contributed by atoms with Crippen LogP contribution in [0.1, 0.15) is 0 Å². The molecule has 0 spiro atoms. The number of carbonyl (C=O) groups excluding carboxylic acids is 1. The van der Waals surface area contributed by atoms with Gasteiger partial charge in [0.25, 0.3) is 0 Å². The van der Waals surface area contributed by atoms with Crippen molar-refractivity contribution >= 4 is 28.0 Å². The Hall–Kier alpha value is -0.610. The Morgan fingerprint density at radius 2 is 2.14 bits per heavy atom. The largest absolute Gasteiger partial charge is 0.492 e. The zero-order chi connectivity index (χ0) is 9.80. The van der Waals surface area contributed by atoms with E-state index >= 15 is 0 Å². The fourth-order valence-electron chi connectivity index (χ4n) is 1.15. The van der Waals surface area contributed by atoms with Crippen molar-refractivity contribution in [2.75, 3.05) is 12.4 Å². The highest BCUT2D eigenvalue weighted by atomic mass is 32.2. The first kappa shape index (κ1) is 9.93. The molecule has 0 aromatic heterocycles. The van der Waals surface area contributed by atoms with Gasteiger partial charge in [0.2, 0.25) is 4.45 Å². The van der Waals surface area contributed by atoms with E-state index in [1.807, 2.05) is 30.3 Å². The van der Waals surface area contributed by atoms with Gasteiger partial charge in [0, 0.05) is 5.75 Å². The smallest absolute Gasteiger partial charge is 0.246 e. The topological polar surface area (TPSA) is 26.3 Å². The van der Waals surface area contributed by atoms with Crippen molar-refractivity contribution < 1.29 is 9.53 Å². The lowest BCUT2D eigenvalue weighted by Crippen LogP contribution is -2.13. The molecule has 2 rings (SSSR count). The zero-order valence-electron chi connectivity index (χ0n) is 7.51. The first-order chi connectivity index (χ1) is 6.84. The molecular weight excluding hydrogens is 216 g/mol. The Balaban J connectivity index is 1.80. The van der Waals surface area contributed by atoms with Gasteiger partial charge in [0.1, 0.15) is 12.4 Å². The van der Waals surface area contributed by atoms with Crippen LogP contribution in [-0.4, -0.2) is 22.1 Å². The number of ether oxygens (including phenoxy) is 1. The summed E-state index contributed by atoms with van der Waals surface area (Å²) in [6.07, 6.45) is 0. The van der Waals surface area contributed by atoms with Gasteiger partial charge in [-0.15, -0.1) is 0 Å². The number of carbonyl (C=O) groups is 1. The van der Waals surface area contributed by atoms with E-state index in [1.54, 1.807) is 0 Å². The van der Waals surface area contributed by atoms with Gasteiger partial charge in [0.05, 0.1) is 5.25 Å². The van der Waals surface area contributed by atoms with Crippen molar-refractivity contribution in [2.45, 2.75) is 5.25 Å². The predicted octanol–water partition coefficient (Wildman–Crippen LogP) is 3.03. The van der Waals surface area contributed by atoms with E-state index < -0.39 is 0 Å². The molecule has 0 N–H and O–H groups in total. The van der Waals surface area contributed by atoms with Crippen LogP contribution in [0.4, 0.5) is 4.79 Å². The van der Waals surface area contributed by atoms with Crippen molar-refractivity contribution in [1.29, 1.82) is 0 Å². The maximum absolute atomic E-state index is 10.9. The van der Waals surface area contributed by atoms with Crippen LogP contribution in [0.2, 0.25) is 0 Å². The summed E-state index contributed by atoms with van der Waals surface area (Å²) in [7, 11) is 0. The van der Waals surface area contributed by atoms with Crippen LogP contribution in [0.3, 0.4) is 0 Å². The van der Waals surface area contributed by atoms with Gasteiger partial charge in [-0.25, -0.2) is 0 Å². The number of hydrogen-bond acceptors (Lipinski definition) is 4. The summed E-state index contributed by atoms with van der Waals surface area (Å²) in [5, 5.41) is 0.313. The molecule has 1 aliphatic rings.